The topological polar surface area (TPSA) is 27.7 Å². The summed E-state index contributed by atoms with van der Waals surface area (Å²) in [5, 5.41) is 0. The van der Waals surface area contributed by atoms with Gasteiger partial charge in [0.15, 0.2) is 5.79 Å². The first kappa shape index (κ1) is 9.96. The van der Waals surface area contributed by atoms with Gasteiger partial charge in [0.25, 0.3) is 0 Å². The fraction of sp³-hybridized carbons (Fsp3) is 1.00. The van der Waals surface area contributed by atoms with Crippen molar-refractivity contribution in [3.8, 4) is 0 Å². The molecule has 0 amide bonds. The van der Waals surface area contributed by atoms with E-state index in [1.54, 1.807) is 0 Å². The molecule has 0 spiro atoms. The molecule has 12 heavy (non-hydrogen) atoms. The van der Waals surface area contributed by atoms with E-state index in [0.29, 0.717) is 19.1 Å². The highest BCUT2D eigenvalue weighted by atomic mass is 16.7. The first-order valence-electron chi connectivity index (χ1n) is 4.52. The Kier molecular flexibility index (Phi) is 3.50. The van der Waals surface area contributed by atoms with Crippen LogP contribution in [0.1, 0.15) is 20.8 Å². The van der Waals surface area contributed by atoms with Crippen LogP contribution in [0.25, 0.3) is 0 Å². The Hall–Kier alpha value is -0.120. The van der Waals surface area contributed by atoms with Crippen LogP contribution >= 0.6 is 0 Å². The molecule has 0 atom stereocenters. The fourth-order valence-electron chi connectivity index (χ4n) is 1.10. The third kappa shape index (κ3) is 2.73. The molecule has 3 nitrogen and oxygen atoms in total. The maximum Gasteiger partial charge on any atom is 0.188 e. The number of rotatable bonds is 3. The summed E-state index contributed by atoms with van der Waals surface area (Å²) in [5.41, 5.74) is 0. The lowest BCUT2D eigenvalue weighted by atomic mass is 10.2. The standard InChI is InChI=1S/C9H18O3/c1-4-10-7-9(3)11-5-8(2)6-12-9/h8H,4-7H2,1-3H3. The van der Waals surface area contributed by atoms with Crippen molar-refractivity contribution in [1.82, 2.24) is 0 Å². The monoisotopic (exact) mass is 174 g/mol. The predicted molar refractivity (Wildman–Crippen MR) is 46.0 cm³/mol. The lowest BCUT2D eigenvalue weighted by Gasteiger charge is -2.36. The van der Waals surface area contributed by atoms with Crippen LogP contribution in [0, 0.1) is 5.92 Å². The Morgan fingerprint density at radius 2 is 2.00 bits per heavy atom. The average Bonchev–Trinajstić information content (AvgIpc) is 2.08. The minimum atomic E-state index is -0.511. The van der Waals surface area contributed by atoms with Crippen LogP contribution in [0.4, 0.5) is 0 Å². The maximum atomic E-state index is 5.53. The largest absolute Gasteiger partial charge is 0.376 e. The smallest absolute Gasteiger partial charge is 0.188 e. The van der Waals surface area contributed by atoms with Crippen LogP contribution in [-0.4, -0.2) is 32.2 Å². The molecule has 0 saturated carbocycles. The van der Waals surface area contributed by atoms with E-state index in [1.807, 2.05) is 13.8 Å². The molecule has 1 aliphatic rings. The lowest BCUT2D eigenvalue weighted by molar-refractivity contribution is -0.289. The van der Waals surface area contributed by atoms with E-state index in [4.69, 9.17) is 14.2 Å². The molecule has 0 unspecified atom stereocenters. The summed E-state index contributed by atoms with van der Waals surface area (Å²) in [6.07, 6.45) is 0. The number of hydrogen-bond donors (Lipinski definition) is 0. The Bertz CT molecular complexity index is 122. The van der Waals surface area contributed by atoms with Gasteiger partial charge in [0.2, 0.25) is 0 Å². The van der Waals surface area contributed by atoms with Crippen molar-refractivity contribution in [2.45, 2.75) is 26.6 Å². The van der Waals surface area contributed by atoms with Gasteiger partial charge in [-0.1, -0.05) is 6.92 Å². The van der Waals surface area contributed by atoms with Gasteiger partial charge in [-0.2, -0.15) is 0 Å². The normalized spacial score (nSPS) is 36.8. The molecule has 72 valence electrons. The van der Waals surface area contributed by atoms with E-state index >= 15 is 0 Å². The molecule has 1 rings (SSSR count). The van der Waals surface area contributed by atoms with Crippen molar-refractivity contribution < 1.29 is 14.2 Å². The molecule has 1 saturated heterocycles. The number of hydrogen-bond acceptors (Lipinski definition) is 3. The molecule has 1 heterocycles. The van der Waals surface area contributed by atoms with Gasteiger partial charge in [0.1, 0.15) is 6.61 Å². The van der Waals surface area contributed by atoms with Crippen LogP contribution in [0.3, 0.4) is 0 Å². The second kappa shape index (κ2) is 4.21. The molecule has 0 aromatic rings. The van der Waals surface area contributed by atoms with Crippen molar-refractivity contribution in [1.29, 1.82) is 0 Å². The number of ether oxygens (including phenoxy) is 3. The van der Waals surface area contributed by atoms with Crippen LogP contribution in [0.2, 0.25) is 0 Å². The van der Waals surface area contributed by atoms with Gasteiger partial charge in [0, 0.05) is 12.5 Å². The molecule has 3 heteroatoms. The third-order valence-corrected chi connectivity index (χ3v) is 1.91. The van der Waals surface area contributed by atoms with Gasteiger partial charge in [-0.15, -0.1) is 0 Å². The van der Waals surface area contributed by atoms with E-state index in [1.165, 1.54) is 0 Å². The molecule has 0 aromatic heterocycles. The fourth-order valence-corrected chi connectivity index (χ4v) is 1.10. The van der Waals surface area contributed by atoms with Crippen molar-refractivity contribution in [2.75, 3.05) is 26.4 Å². The molecule has 0 N–H and O–H groups in total. The first-order chi connectivity index (χ1) is 5.66. The van der Waals surface area contributed by atoms with Gasteiger partial charge in [-0.3, -0.25) is 0 Å². The lowest BCUT2D eigenvalue weighted by Crippen LogP contribution is -2.44. The Balaban J connectivity index is 2.29. The molecule has 0 aliphatic carbocycles. The summed E-state index contributed by atoms with van der Waals surface area (Å²) in [7, 11) is 0. The summed E-state index contributed by atoms with van der Waals surface area (Å²) in [6.45, 7) is 8.77. The quantitative estimate of drug-likeness (QED) is 0.647. The predicted octanol–water partition coefficient (Wildman–Crippen LogP) is 1.42. The van der Waals surface area contributed by atoms with Gasteiger partial charge in [0.05, 0.1) is 13.2 Å². The minimum absolute atomic E-state index is 0.500. The summed E-state index contributed by atoms with van der Waals surface area (Å²) in [6, 6.07) is 0. The van der Waals surface area contributed by atoms with Crippen LogP contribution in [-0.2, 0) is 14.2 Å². The summed E-state index contributed by atoms with van der Waals surface area (Å²) >= 11 is 0. The van der Waals surface area contributed by atoms with Crippen molar-refractivity contribution in [2.24, 2.45) is 5.92 Å². The summed E-state index contributed by atoms with van der Waals surface area (Å²) in [4.78, 5) is 0. The third-order valence-electron chi connectivity index (χ3n) is 1.91. The molecule has 0 aromatic carbocycles. The van der Waals surface area contributed by atoms with Gasteiger partial charge < -0.3 is 14.2 Å². The maximum absolute atomic E-state index is 5.53. The van der Waals surface area contributed by atoms with E-state index in [0.717, 1.165) is 13.2 Å². The van der Waals surface area contributed by atoms with Gasteiger partial charge in [-0.25, -0.2) is 0 Å². The highest BCUT2D eigenvalue weighted by molar-refractivity contribution is 4.68. The van der Waals surface area contributed by atoms with Crippen molar-refractivity contribution >= 4 is 0 Å². The molecular formula is C9H18O3. The average molecular weight is 174 g/mol. The molecule has 1 aliphatic heterocycles. The molecule has 1 fully saturated rings. The SMILES string of the molecule is CCOCC1(C)OCC(C)CO1. The van der Waals surface area contributed by atoms with Crippen LogP contribution in [0.5, 0.6) is 0 Å². The first-order valence-corrected chi connectivity index (χ1v) is 4.52. The van der Waals surface area contributed by atoms with Crippen LogP contribution in [0.15, 0.2) is 0 Å². The second-order valence-electron chi connectivity index (χ2n) is 3.50. The zero-order valence-corrected chi connectivity index (χ0v) is 8.13. The zero-order valence-electron chi connectivity index (χ0n) is 8.13. The van der Waals surface area contributed by atoms with Crippen molar-refractivity contribution in [3.63, 3.8) is 0 Å². The zero-order chi connectivity index (χ0) is 9.03. The van der Waals surface area contributed by atoms with Crippen LogP contribution < -0.4 is 0 Å². The summed E-state index contributed by atoms with van der Waals surface area (Å²) in [5.74, 6) is -0.0117. The molecule has 0 radical (unpaired) electrons. The highest BCUT2D eigenvalue weighted by Crippen LogP contribution is 2.21. The van der Waals surface area contributed by atoms with E-state index in [-0.39, 0.29) is 0 Å². The van der Waals surface area contributed by atoms with E-state index in [2.05, 4.69) is 6.92 Å². The summed E-state index contributed by atoms with van der Waals surface area (Å²) < 4.78 is 16.3. The van der Waals surface area contributed by atoms with E-state index in [9.17, 15) is 0 Å². The van der Waals surface area contributed by atoms with Crippen molar-refractivity contribution in [3.05, 3.63) is 0 Å². The van der Waals surface area contributed by atoms with E-state index < -0.39 is 5.79 Å². The Labute approximate surface area is 74.0 Å². The van der Waals surface area contributed by atoms with Gasteiger partial charge >= 0.3 is 0 Å². The Morgan fingerprint density at radius 3 is 2.50 bits per heavy atom. The van der Waals surface area contributed by atoms with Gasteiger partial charge in [-0.05, 0) is 13.8 Å². The minimum Gasteiger partial charge on any atom is -0.376 e. The molecular weight excluding hydrogens is 156 g/mol. The highest BCUT2D eigenvalue weighted by Gasteiger charge is 2.31. The Morgan fingerprint density at radius 1 is 1.42 bits per heavy atom. The molecule has 0 bridgehead atoms. The second-order valence-corrected chi connectivity index (χ2v) is 3.50.